The monoisotopic (exact) mass is 476 g/mol. The first-order chi connectivity index (χ1) is 16.4. The molecule has 0 spiro atoms. The van der Waals surface area contributed by atoms with Gasteiger partial charge in [-0.15, -0.1) is 0 Å². The Morgan fingerprint density at radius 1 is 0.971 bits per heavy atom. The van der Waals surface area contributed by atoms with Crippen LogP contribution in [0.15, 0.2) is 65.5 Å². The van der Waals surface area contributed by atoms with Gasteiger partial charge in [0.1, 0.15) is 10.6 Å². The number of anilines is 2. The molecule has 4 rings (SSSR count). The Kier molecular flexibility index (Phi) is 6.51. The lowest BCUT2D eigenvalue weighted by Gasteiger charge is -2.09. The Balaban J connectivity index is 1.75. The number of amides is 2. The zero-order valence-corrected chi connectivity index (χ0v) is 19.1. The zero-order chi connectivity index (χ0) is 24.2. The fourth-order valence-corrected chi connectivity index (χ4v) is 4.35. The van der Waals surface area contributed by atoms with E-state index in [1.54, 1.807) is 56.3 Å². The second-order valence-electron chi connectivity index (χ2n) is 7.21. The highest BCUT2D eigenvalue weighted by Crippen LogP contribution is 2.24. The fraction of sp³-hybridized carbons (Fsp3) is 0.125. The van der Waals surface area contributed by atoms with Crippen molar-refractivity contribution in [3.8, 4) is 0 Å². The molecule has 10 heteroatoms. The van der Waals surface area contributed by atoms with Crippen molar-refractivity contribution in [3.63, 3.8) is 0 Å². The summed E-state index contributed by atoms with van der Waals surface area (Å²) >= 11 is 0.938. The number of ether oxygens (including phenoxy) is 1. The SMILES string of the molecule is CCOC(=O)c1cccc(NC(=O)c2c(C(=O)Nc3ccccc3)sc3nc(C)cc(=O)n23)c1. The Bertz CT molecular complexity index is 1460. The predicted octanol–water partition coefficient (Wildman–Crippen LogP) is 3.75. The number of aromatic nitrogens is 2. The number of hydrogen-bond acceptors (Lipinski definition) is 7. The largest absolute Gasteiger partial charge is 0.462 e. The molecule has 2 heterocycles. The summed E-state index contributed by atoms with van der Waals surface area (Å²) in [5.74, 6) is -1.78. The van der Waals surface area contributed by atoms with Gasteiger partial charge >= 0.3 is 5.97 Å². The first kappa shape index (κ1) is 22.9. The first-order valence-electron chi connectivity index (χ1n) is 10.4. The molecule has 0 saturated heterocycles. The first-order valence-corrected chi connectivity index (χ1v) is 11.2. The van der Waals surface area contributed by atoms with Crippen LogP contribution in [0.3, 0.4) is 0 Å². The summed E-state index contributed by atoms with van der Waals surface area (Å²) in [4.78, 5) is 55.8. The molecule has 9 nitrogen and oxygen atoms in total. The van der Waals surface area contributed by atoms with Crippen molar-refractivity contribution in [1.29, 1.82) is 0 Å². The third-order valence-electron chi connectivity index (χ3n) is 4.73. The van der Waals surface area contributed by atoms with Crippen LogP contribution in [0.25, 0.3) is 4.96 Å². The van der Waals surface area contributed by atoms with Crippen LogP contribution in [0.4, 0.5) is 11.4 Å². The molecule has 0 saturated carbocycles. The van der Waals surface area contributed by atoms with Crippen molar-refractivity contribution in [2.24, 2.45) is 0 Å². The van der Waals surface area contributed by atoms with Crippen LogP contribution in [0.5, 0.6) is 0 Å². The number of fused-ring (bicyclic) bond motifs is 1. The third kappa shape index (κ3) is 4.71. The van der Waals surface area contributed by atoms with Crippen molar-refractivity contribution < 1.29 is 19.1 Å². The number of aryl methyl sites for hydroxylation is 1. The molecular weight excluding hydrogens is 456 g/mol. The van der Waals surface area contributed by atoms with Crippen LogP contribution in [0.1, 0.15) is 43.1 Å². The number of para-hydroxylation sites is 1. The Labute approximate surface area is 198 Å². The van der Waals surface area contributed by atoms with Gasteiger partial charge in [-0.2, -0.15) is 0 Å². The quantitative estimate of drug-likeness (QED) is 0.409. The topological polar surface area (TPSA) is 119 Å². The molecule has 0 bridgehead atoms. The maximum absolute atomic E-state index is 13.3. The van der Waals surface area contributed by atoms with E-state index in [-0.39, 0.29) is 27.7 Å². The standard InChI is InChI=1S/C24H20N4O5S/c1-3-33-23(32)15-8-7-11-17(13-15)27-21(30)19-20(22(31)26-16-9-5-4-6-10-16)34-24-25-14(2)12-18(29)28(19)24/h4-13H,3H2,1-2H3,(H,26,31)(H,27,30). The normalized spacial score (nSPS) is 10.6. The van der Waals surface area contributed by atoms with Gasteiger partial charge in [0.2, 0.25) is 0 Å². The number of carbonyl (C=O) groups excluding carboxylic acids is 3. The summed E-state index contributed by atoms with van der Waals surface area (Å²) in [6, 6.07) is 16.2. The predicted molar refractivity (Wildman–Crippen MR) is 129 cm³/mol. The van der Waals surface area contributed by atoms with E-state index in [0.29, 0.717) is 17.1 Å². The molecule has 2 aromatic heterocycles. The van der Waals surface area contributed by atoms with Gasteiger partial charge in [-0.05, 0) is 44.2 Å². The molecule has 0 aliphatic carbocycles. The van der Waals surface area contributed by atoms with Crippen molar-refractivity contribution in [1.82, 2.24) is 9.38 Å². The average molecular weight is 477 g/mol. The second kappa shape index (κ2) is 9.67. The lowest BCUT2D eigenvalue weighted by molar-refractivity contribution is 0.0526. The highest BCUT2D eigenvalue weighted by atomic mass is 32.1. The summed E-state index contributed by atoms with van der Waals surface area (Å²) in [6.45, 7) is 3.57. The molecule has 0 radical (unpaired) electrons. The Hall–Kier alpha value is -4.31. The van der Waals surface area contributed by atoms with E-state index in [2.05, 4.69) is 15.6 Å². The second-order valence-corrected chi connectivity index (χ2v) is 8.19. The van der Waals surface area contributed by atoms with E-state index in [9.17, 15) is 19.2 Å². The number of hydrogen-bond donors (Lipinski definition) is 2. The van der Waals surface area contributed by atoms with E-state index in [0.717, 1.165) is 15.7 Å². The van der Waals surface area contributed by atoms with Gasteiger partial charge in [-0.1, -0.05) is 35.6 Å². The van der Waals surface area contributed by atoms with Gasteiger partial charge in [0.15, 0.2) is 4.96 Å². The third-order valence-corrected chi connectivity index (χ3v) is 5.77. The molecule has 34 heavy (non-hydrogen) atoms. The van der Waals surface area contributed by atoms with Crippen molar-refractivity contribution in [2.45, 2.75) is 13.8 Å². The summed E-state index contributed by atoms with van der Waals surface area (Å²) in [5.41, 5.74) is 0.935. The Morgan fingerprint density at radius 3 is 2.41 bits per heavy atom. The molecule has 4 aromatic rings. The van der Waals surface area contributed by atoms with Crippen LogP contribution >= 0.6 is 11.3 Å². The summed E-state index contributed by atoms with van der Waals surface area (Å²) in [7, 11) is 0. The van der Waals surface area contributed by atoms with E-state index >= 15 is 0 Å². The van der Waals surface area contributed by atoms with E-state index in [4.69, 9.17) is 4.74 Å². The summed E-state index contributed by atoms with van der Waals surface area (Å²) < 4.78 is 6.11. The van der Waals surface area contributed by atoms with Crippen molar-refractivity contribution in [2.75, 3.05) is 17.2 Å². The van der Waals surface area contributed by atoms with Crippen LogP contribution in [-0.4, -0.2) is 33.8 Å². The van der Waals surface area contributed by atoms with Gasteiger partial charge in [-0.3, -0.25) is 14.4 Å². The van der Waals surface area contributed by atoms with Gasteiger partial charge < -0.3 is 15.4 Å². The highest BCUT2D eigenvalue weighted by Gasteiger charge is 2.26. The fourth-order valence-electron chi connectivity index (χ4n) is 3.28. The highest BCUT2D eigenvalue weighted by molar-refractivity contribution is 7.19. The van der Waals surface area contributed by atoms with Crippen molar-refractivity contribution in [3.05, 3.63) is 92.8 Å². The summed E-state index contributed by atoms with van der Waals surface area (Å²) in [5, 5.41) is 5.40. The lowest BCUT2D eigenvalue weighted by Crippen LogP contribution is -2.25. The zero-order valence-electron chi connectivity index (χ0n) is 18.3. The summed E-state index contributed by atoms with van der Waals surface area (Å²) in [6.07, 6.45) is 0. The lowest BCUT2D eigenvalue weighted by atomic mass is 10.2. The molecule has 172 valence electrons. The number of nitrogens with one attached hydrogen (secondary N) is 2. The molecule has 0 unspecified atom stereocenters. The van der Waals surface area contributed by atoms with E-state index in [1.165, 1.54) is 12.1 Å². The van der Waals surface area contributed by atoms with E-state index < -0.39 is 23.3 Å². The number of thiazole rings is 1. The van der Waals surface area contributed by atoms with Crippen LogP contribution in [0.2, 0.25) is 0 Å². The number of rotatable bonds is 6. The number of carbonyl (C=O) groups is 3. The average Bonchev–Trinajstić information content (AvgIpc) is 3.20. The minimum absolute atomic E-state index is 0.0260. The van der Waals surface area contributed by atoms with Crippen LogP contribution < -0.4 is 16.2 Å². The van der Waals surface area contributed by atoms with Crippen LogP contribution in [-0.2, 0) is 4.74 Å². The van der Waals surface area contributed by atoms with E-state index in [1.807, 2.05) is 6.07 Å². The van der Waals surface area contributed by atoms with Gasteiger partial charge in [0.05, 0.1) is 12.2 Å². The molecule has 2 N–H and O–H groups in total. The van der Waals surface area contributed by atoms with Gasteiger partial charge in [0, 0.05) is 23.1 Å². The number of esters is 1. The number of benzene rings is 2. The molecule has 0 atom stereocenters. The van der Waals surface area contributed by atoms with Crippen LogP contribution in [0, 0.1) is 6.92 Å². The molecular formula is C24H20N4O5S. The molecule has 0 aliphatic rings. The molecule has 0 fully saturated rings. The minimum Gasteiger partial charge on any atom is -0.462 e. The maximum atomic E-state index is 13.3. The smallest absolute Gasteiger partial charge is 0.338 e. The number of nitrogens with zero attached hydrogens (tertiary/aromatic N) is 2. The van der Waals surface area contributed by atoms with Gasteiger partial charge in [-0.25, -0.2) is 14.2 Å². The minimum atomic E-state index is -0.696. The van der Waals surface area contributed by atoms with Crippen molar-refractivity contribution >= 4 is 45.5 Å². The Morgan fingerprint density at radius 2 is 1.68 bits per heavy atom. The maximum Gasteiger partial charge on any atom is 0.338 e. The van der Waals surface area contributed by atoms with Gasteiger partial charge in [0.25, 0.3) is 17.4 Å². The molecule has 2 aromatic carbocycles. The molecule has 2 amide bonds. The molecule has 0 aliphatic heterocycles.